The molecule has 1 saturated heterocycles. The average molecular weight is 225 g/mol. The largest absolute Gasteiger partial charge is 0.348 e. The van der Waals surface area contributed by atoms with Crippen LogP contribution in [0.15, 0.2) is 9.59 Å². The molecule has 2 heterocycles. The Bertz CT molecular complexity index is 479. The van der Waals surface area contributed by atoms with Crippen molar-refractivity contribution in [2.45, 2.75) is 31.8 Å². The van der Waals surface area contributed by atoms with E-state index in [9.17, 15) is 9.59 Å². The van der Waals surface area contributed by atoms with Crippen molar-refractivity contribution >= 4 is 5.82 Å². The molecule has 4 N–H and O–H groups in total. The first-order valence-electron chi connectivity index (χ1n) is 5.29. The maximum Gasteiger partial charge on any atom is 0.342 e. The van der Waals surface area contributed by atoms with Crippen LogP contribution in [0.5, 0.6) is 0 Å². The van der Waals surface area contributed by atoms with E-state index in [1.54, 1.807) is 0 Å². The molecular weight excluding hydrogens is 210 g/mol. The SMILES string of the molecule is CC1CC(N)CCN1c1n[nH]c(=O)[nH]c1=O. The number of aromatic nitrogens is 3. The van der Waals surface area contributed by atoms with Crippen LogP contribution in [0.25, 0.3) is 0 Å². The monoisotopic (exact) mass is 225 g/mol. The van der Waals surface area contributed by atoms with Gasteiger partial charge in [0.2, 0.25) is 5.82 Å². The van der Waals surface area contributed by atoms with Gasteiger partial charge in [-0.1, -0.05) is 0 Å². The lowest BCUT2D eigenvalue weighted by atomic mass is 9.99. The molecule has 1 aromatic rings. The van der Waals surface area contributed by atoms with Gasteiger partial charge in [0.1, 0.15) is 0 Å². The van der Waals surface area contributed by atoms with Crippen molar-refractivity contribution < 1.29 is 0 Å². The van der Waals surface area contributed by atoms with Gasteiger partial charge < -0.3 is 10.6 Å². The third-order valence-corrected chi connectivity index (χ3v) is 2.88. The first kappa shape index (κ1) is 10.9. The standard InChI is InChI=1S/C9H15N5O2/c1-5-4-6(10)2-3-14(5)7-8(15)11-9(16)13-12-7/h5-6H,2-4,10H2,1H3,(H2,11,13,15,16). The second kappa shape index (κ2) is 4.09. The number of nitrogens with two attached hydrogens (primary N) is 1. The molecule has 2 unspecified atom stereocenters. The van der Waals surface area contributed by atoms with E-state index in [2.05, 4.69) is 15.2 Å². The summed E-state index contributed by atoms with van der Waals surface area (Å²) in [5.74, 6) is 0.263. The van der Waals surface area contributed by atoms with Gasteiger partial charge in [0, 0.05) is 18.6 Å². The molecule has 7 nitrogen and oxygen atoms in total. The Labute approximate surface area is 91.7 Å². The Kier molecular flexibility index (Phi) is 2.78. The third kappa shape index (κ3) is 1.99. The summed E-state index contributed by atoms with van der Waals surface area (Å²) in [6.45, 7) is 2.68. The van der Waals surface area contributed by atoms with Gasteiger partial charge in [0.05, 0.1) is 0 Å². The van der Waals surface area contributed by atoms with Gasteiger partial charge in [-0.05, 0) is 19.8 Å². The van der Waals surface area contributed by atoms with Crippen molar-refractivity contribution in [3.8, 4) is 0 Å². The lowest BCUT2D eigenvalue weighted by Gasteiger charge is -2.36. The van der Waals surface area contributed by atoms with Crippen molar-refractivity contribution in [3.63, 3.8) is 0 Å². The van der Waals surface area contributed by atoms with E-state index in [0.29, 0.717) is 6.54 Å². The van der Waals surface area contributed by atoms with Gasteiger partial charge in [-0.2, -0.15) is 0 Å². The summed E-state index contributed by atoms with van der Waals surface area (Å²) in [7, 11) is 0. The van der Waals surface area contributed by atoms with Crippen LogP contribution in [0.2, 0.25) is 0 Å². The number of piperidine rings is 1. The summed E-state index contributed by atoms with van der Waals surface area (Å²) in [6.07, 6.45) is 1.64. The Balaban J connectivity index is 2.30. The van der Waals surface area contributed by atoms with Crippen LogP contribution in [0.1, 0.15) is 19.8 Å². The molecule has 7 heteroatoms. The first-order valence-corrected chi connectivity index (χ1v) is 5.29. The van der Waals surface area contributed by atoms with E-state index in [1.807, 2.05) is 11.8 Å². The van der Waals surface area contributed by atoms with Crippen molar-refractivity contribution in [1.29, 1.82) is 0 Å². The fraction of sp³-hybridized carbons (Fsp3) is 0.667. The zero-order valence-corrected chi connectivity index (χ0v) is 9.06. The van der Waals surface area contributed by atoms with Crippen LogP contribution < -0.4 is 21.9 Å². The van der Waals surface area contributed by atoms with Crippen LogP contribution in [0, 0.1) is 0 Å². The molecule has 1 aliphatic heterocycles. The zero-order valence-electron chi connectivity index (χ0n) is 9.06. The molecular formula is C9H15N5O2. The van der Waals surface area contributed by atoms with Crippen molar-refractivity contribution in [1.82, 2.24) is 15.2 Å². The molecule has 0 radical (unpaired) electrons. The quantitative estimate of drug-likeness (QED) is 0.555. The lowest BCUT2D eigenvalue weighted by molar-refractivity contribution is 0.424. The molecule has 0 saturated carbocycles. The van der Waals surface area contributed by atoms with E-state index in [4.69, 9.17) is 5.73 Å². The molecule has 88 valence electrons. The second-order valence-electron chi connectivity index (χ2n) is 4.16. The number of aromatic amines is 2. The Morgan fingerprint density at radius 1 is 1.50 bits per heavy atom. The fourth-order valence-electron chi connectivity index (χ4n) is 2.06. The number of anilines is 1. The number of rotatable bonds is 1. The van der Waals surface area contributed by atoms with Crippen LogP contribution in [-0.4, -0.2) is 33.8 Å². The summed E-state index contributed by atoms with van der Waals surface area (Å²) in [5.41, 5.74) is 4.80. The highest BCUT2D eigenvalue weighted by molar-refractivity contribution is 5.36. The molecule has 1 fully saturated rings. The molecule has 1 aliphatic rings. The van der Waals surface area contributed by atoms with Crippen molar-refractivity contribution in [3.05, 3.63) is 20.8 Å². The van der Waals surface area contributed by atoms with Gasteiger partial charge in [0.15, 0.2) is 0 Å². The third-order valence-electron chi connectivity index (χ3n) is 2.88. The van der Waals surface area contributed by atoms with Crippen LogP contribution in [-0.2, 0) is 0 Å². The number of H-pyrrole nitrogens is 2. The van der Waals surface area contributed by atoms with Gasteiger partial charge in [0.25, 0.3) is 5.56 Å². The zero-order chi connectivity index (χ0) is 11.7. The topological polar surface area (TPSA) is 108 Å². The van der Waals surface area contributed by atoms with Crippen LogP contribution in [0.4, 0.5) is 5.82 Å². The first-order chi connectivity index (χ1) is 7.58. The number of hydrogen-bond donors (Lipinski definition) is 3. The minimum Gasteiger partial charge on any atom is -0.348 e. The highest BCUT2D eigenvalue weighted by Crippen LogP contribution is 2.18. The van der Waals surface area contributed by atoms with E-state index < -0.39 is 11.2 Å². The number of nitrogens with zero attached hydrogens (tertiary/aromatic N) is 2. The Hall–Kier alpha value is -1.63. The van der Waals surface area contributed by atoms with Crippen molar-refractivity contribution in [2.24, 2.45) is 5.73 Å². The van der Waals surface area contributed by atoms with E-state index in [0.717, 1.165) is 12.8 Å². The predicted molar refractivity (Wildman–Crippen MR) is 59.5 cm³/mol. The van der Waals surface area contributed by atoms with Gasteiger partial charge in [-0.3, -0.25) is 9.78 Å². The summed E-state index contributed by atoms with van der Waals surface area (Å²) in [4.78, 5) is 26.4. The fourth-order valence-corrected chi connectivity index (χ4v) is 2.06. The molecule has 0 spiro atoms. The molecule has 0 bridgehead atoms. The predicted octanol–water partition coefficient (Wildman–Crippen LogP) is -1.23. The minimum atomic E-state index is -0.588. The summed E-state index contributed by atoms with van der Waals surface area (Å²) in [5, 5.41) is 6.02. The number of nitrogens with one attached hydrogen (secondary N) is 2. The molecule has 0 aliphatic carbocycles. The highest BCUT2D eigenvalue weighted by Gasteiger charge is 2.26. The number of hydrogen-bond acceptors (Lipinski definition) is 5. The molecule has 16 heavy (non-hydrogen) atoms. The molecule has 0 aromatic carbocycles. The summed E-state index contributed by atoms with van der Waals surface area (Å²) >= 11 is 0. The van der Waals surface area contributed by atoms with Gasteiger partial charge in [-0.25, -0.2) is 9.89 Å². The maximum atomic E-state index is 11.6. The second-order valence-corrected chi connectivity index (χ2v) is 4.16. The summed E-state index contributed by atoms with van der Waals surface area (Å²) < 4.78 is 0. The Morgan fingerprint density at radius 2 is 2.25 bits per heavy atom. The molecule has 2 rings (SSSR count). The molecule has 2 atom stereocenters. The van der Waals surface area contributed by atoms with Crippen LogP contribution >= 0.6 is 0 Å². The van der Waals surface area contributed by atoms with Crippen molar-refractivity contribution in [2.75, 3.05) is 11.4 Å². The highest BCUT2D eigenvalue weighted by atomic mass is 16.2. The van der Waals surface area contributed by atoms with Gasteiger partial charge >= 0.3 is 5.69 Å². The lowest BCUT2D eigenvalue weighted by Crippen LogP contribution is -2.48. The molecule has 1 aromatic heterocycles. The Morgan fingerprint density at radius 3 is 2.88 bits per heavy atom. The smallest absolute Gasteiger partial charge is 0.342 e. The minimum absolute atomic E-state index is 0.156. The molecule has 0 amide bonds. The van der Waals surface area contributed by atoms with E-state index >= 15 is 0 Å². The maximum absolute atomic E-state index is 11.6. The average Bonchev–Trinajstić information content (AvgIpc) is 2.19. The summed E-state index contributed by atoms with van der Waals surface area (Å²) in [6, 6.07) is 0.330. The van der Waals surface area contributed by atoms with Gasteiger partial charge in [-0.15, -0.1) is 5.10 Å². The van der Waals surface area contributed by atoms with Crippen LogP contribution in [0.3, 0.4) is 0 Å². The van der Waals surface area contributed by atoms with E-state index in [-0.39, 0.29) is 17.9 Å². The van der Waals surface area contributed by atoms with E-state index in [1.165, 1.54) is 0 Å². The normalized spacial score (nSPS) is 25.8.